The number of pyridine rings is 1. The molecule has 0 aliphatic carbocycles. The maximum atomic E-state index is 12.7. The number of likely N-dealkylation sites (N-methyl/N-ethyl adjacent to an activating group) is 1. The minimum Gasteiger partial charge on any atom is -0.478 e. The van der Waals surface area contributed by atoms with Crippen LogP contribution < -0.4 is 25.8 Å². The third kappa shape index (κ3) is 12.2. The molecular formula is C34H47ClN6O8. The van der Waals surface area contributed by atoms with E-state index in [2.05, 4.69) is 27.1 Å². The smallest absolute Gasteiger partial charge is 0.293 e. The van der Waals surface area contributed by atoms with E-state index in [1.54, 1.807) is 19.3 Å². The summed E-state index contributed by atoms with van der Waals surface area (Å²) in [5.74, 6) is 0.785. The number of benzene rings is 1. The van der Waals surface area contributed by atoms with Crippen molar-refractivity contribution in [3.63, 3.8) is 0 Å². The first-order valence-electron chi connectivity index (χ1n) is 16.4. The zero-order valence-electron chi connectivity index (χ0n) is 28.3. The van der Waals surface area contributed by atoms with Gasteiger partial charge in [-0.25, -0.2) is 4.98 Å². The van der Waals surface area contributed by atoms with Gasteiger partial charge in [0.1, 0.15) is 5.02 Å². The van der Waals surface area contributed by atoms with Crippen molar-refractivity contribution in [1.29, 1.82) is 0 Å². The van der Waals surface area contributed by atoms with E-state index in [0.717, 1.165) is 37.7 Å². The first-order valence-corrected chi connectivity index (χ1v) is 16.8. The molecule has 15 heteroatoms. The maximum Gasteiger partial charge on any atom is 0.293 e. The van der Waals surface area contributed by atoms with E-state index < -0.39 is 0 Å². The van der Waals surface area contributed by atoms with Gasteiger partial charge in [0, 0.05) is 38.3 Å². The molecule has 1 aliphatic rings. The molecule has 1 fully saturated rings. The van der Waals surface area contributed by atoms with E-state index >= 15 is 0 Å². The molecule has 0 bridgehead atoms. The van der Waals surface area contributed by atoms with Crippen molar-refractivity contribution in [2.24, 2.45) is 7.05 Å². The predicted molar refractivity (Wildman–Crippen MR) is 188 cm³/mol. The van der Waals surface area contributed by atoms with E-state index in [1.165, 1.54) is 11.6 Å². The number of hydrogen-bond donors (Lipinski definition) is 2. The lowest BCUT2D eigenvalue weighted by Gasteiger charge is -2.32. The van der Waals surface area contributed by atoms with Crippen LogP contribution in [0.25, 0.3) is 10.9 Å². The largest absolute Gasteiger partial charge is 0.478 e. The van der Waals surface area contributed by atoms with Crippen molar-refractivity contribution >= 4 is 45.9 Å². The van der Waals surface area contributed by atoms with E-state index in [-0.39, 0.29) is 29.9 Å². The third-order valence-electron chi connectivity index (χ3n) is 7.71. The number of amides is 1. The third-order valence-corrected chi connectivity index (χ3v) is 7.99. The number of hydrogen-bond acceptors (Lipinski definition) is 12. The molecule has 49 heavy (non-hydrogen) atoms. The lowest BCUT2D eigenvalue weighted by Crippen LogP contribution is -2.38. The molecule has 0 radical (unpaired) electrons. The van der Waals surface area contributed by atoms with Gasteiger partial charge in [0.15, 0.2) is 18.2 Å². The Morgan fingerprint density at radius 3 is 2.31 bits per heavy atom. The molecule has 0 atom stereocenters. The molecule has 2 aromatic heterocycles. The molecule has 2 N–H and O–H groups in total. The molecule has 1 saturated heterocycles. The highest BCUT2D eigenvalue weighted by Gasteiger charge is 2.22. The Hall–Kier alpha value is -3.79. The lowest BCUT2D eigenvalue weighted by atomic mass is 10.1. The minimum atomic E-state index is -0.334. The summed E-state index contributed by atoms with van der Waals surface area (Å²) in [6.45, 7) is 9.77. The molecule has 4 rings (SSSR count). The number of nitrogens with one attached hydrogen (secondary N) is 2. The molecule has 1 aromatic carbocycles. The highest BCUT2D eigenvalue weighted by Crippen LogP contribution is 2.28. The van der Waals surface area contributed by atoms with Crippen LogP contribution in [0.5, 0.6) is 5.75 Å². The van der Waals surface area contributed by atoms with Crippen LogP contribution in [0, 0.1) is 0 Å². The fourth-order valence-corrected chi connectivity index (χ4v) is 5.15. The zero-order valence-corrected chi connectivity index (χ0v) is 29.0. The standard InChI is InChI=1S/C34H47ClN6O8/c1-4-5-12-44-13-14-45-15-16-46-17-18-47-19-20-48-27-8-10-41(11-9-27)34-37-23-28(35)32(39-34)38-26-6-7-29-25(21-26)22-30(33(43)40(29)3)49-24-31(42)36-2/h4,6-7,21-23,27H,1,5,8-20,24H2,2-3H3,(H,36,42)(H,37,38,39). The number of ether oxygens (including phenoxy) is 6. The van der Waals surface area contributed by atoms with Gasteiger partial charge in [0.05, 0.1) is 77.3 Å². The molecule has 3 heterocycles. The molecule has 1 aliphatic heterocycles. The summed E-state index contributed by atoms with van der Waals surface area (Å²) in [6, 6.07) is 7.14. The van der Waals surface area contributed by atoms with Gasteiger partial charge in [-0.1, -0.05) is 17.7 Å². The number of fused-ring (bicyclic) bond motifs is 1. The van der Waals surface area contributed by atoms with E-state index in [9.17, 15) is 9.59 Å². The number of aromatic nitrogens is 3. The number of aryl methyl sites for hydroxylation is 1. The summed E-state index contributed by atoms with van der Waals surface area (Å²) < 4.78 is 35.0. The average Bonchev–Trinajstić information content (AvgIpc) is 3.12. The Balaban J connectivity index is 1.16. The SMILES string of the molecule is C=CCCOCCOCCOCCOCCOC1CCN(c2ncc(Cl)c(Nc3ccc4c(c3)cc(OCC(=O)NC)c(=O)n4C)n2)CC1. The quantitative estimate of drug-likeness (QED) is 0.117. The molecule has 14 nitrogen and oxygen atoms in total. The van der Waals surface area contributed by atoms with Crippen molar-refractivity contribution in [2.45, 2.75) is 25.4 Å². The van der Waals surface area contributed by atoms with Gasteiger partial charge in [-0.3, -0.25) is 9.59 Å². The van der Waals surface area contributed by atoms with Gasteiger partial charge >= 0.3 is 0 Å². The highest BCUT2D eigenvalue weighted by molar-refractivity contribution is 6.32. The summed E-state index contributed by atoms with van der Waals surface area (Å²) in [7, 11) is 3.16. The normalized spacial score (nSPS) is 13.5. The summed E-state index contributed by atoms with van der Waals surface area (Å²) in [6.07, 6.45) is 6.07. The molecule has 0 saturated carbocycles. The molecule has 1 amide bonds. The van der Waals surface area contributed by atoms with E-state index in [1.807, 2.05) is 24.3 Å². The highest BCUT2D eigenvalue weighted by atomic mass is 35.5. The topological polar surface area (TPSA) is 148 Å². The van der Waals surface area contributed by atoms with Crippen molar-refractivity contribution < 1.29 is 33.2 Å². The van der Waals surface area contributed by atoms with Crippen molar-refractivity contribution in [1.82, 2.24) is 19.9 Å². The fourth-order valence-electron chi connectivity index (χ4n) is 5.01. The maximum absolute atomic E-state index is 12.7. The minimum absolute atomic E-state index is 0.0816. The number of carbonyl (C=O) groups excluding carboxylic acids is 1. The Labute approximate surface area is 291 Å². The lowest BCUT2D eigenvalue weighted by molar-refractivity contribution is -0.122. The predicted octanol–water partition coefficient (Wildman–Crippen LogP) is 3.48. The van der Waals surface area contributed by atoms with Gasteiger partial charge in [0.25, 0.3) is 11.5 Å². The first-order chi connectivity index (χ1) is 23.9. The number of piperidine rings is 1. The Morgan fingerprint density at radius 2 is 1.65 bits per heavy atom. The Bertz CT molecular complexity index is 1550. The van der Waals surface area contributed by atoms with Crippen LogP contribution in [0.1, 0.15) is 19.3 Å². The van der Waals surface area contributed by atoms with Crippen LogP contribution in [-0.4, -0.2) is 113 Å². The van der Waals surface area contributed by atoms with Gasteiger partial charge in [-0.05, 0) is 43.5 Å². The molecule has 3 aromatic rings. The monoisotopic (exact) mass is 702 g/mol. The molecule has 0 spiro atoms. The number of rotatable bonds is 22. The second-order valence-electron chi connectivity index (χ2n) is 11.2. The summed E-state index contributed by atoms with van der Waals surface area (Å²) in [5, 5.41) is 6.86. The van der Waals surface area contributed by atoms with E-state index in [4.69, 9.17) is 45.0 Å². The van der Waals surface area contributed by atoms with Crippen LogP contribution in [0.4, 0.5) is 17.5 Å². The summed E-state index contributed by atoms with van der Waals surface area (Å²) in [4.78, 5) is 35.6. The van der Waals surface area contributed by atoms with Crippen LogP contribution in [0.2, 0.25) is 5.02 Å². The van der Waals surface area contributed by atoms with Gasteiger partial charge in [-0.2, -0.15) is 4.98 Å². The fraction of sp³-hybridized carbons (Fsp3) is 0.529. The number of carbonyl (C=O) groups is 1. The Morgan fingerprint density at radius 1 is 1.00 bits per heavy atom. The molecular weight excluding hydrogens is 656 g/mol. The summed E-state index contributed by atoms with van der Waals surface area (Å²) >= 11 is 6.48. The number of anilines is 3. The van der Waals surface area contributed by atoms with Gasteiger partial charge in [0.2, 0.25) is 5.95 Å². The van der Waals surface area contributed by atoms with Crippen LogP contribution in [0.15, 0.2) is 47.9 Å². The van der Waals surface area contributed by atoms with Crippen LogP contribution in [-0.2, 0) is 35.5 Å². The first kappa shape index (κ1) is 38.0. The van der Waals surface area contributed by atoms with Crippen molar-refractivity contribution in [2.75, 3.05) is 96.4 Å². The number of nitrogens with zero attached hydrogens (tertiary/aromatic N) is 4. The number of halogens is 1. The van der Waals surface area contributed by atoms with Crippen molar-refractivity contribution in [3.05, 3.63) is 58.5 Å². The van der Waals surface area contributed by atoms with Gasteiger partial charge in [-0.15, -0.1) is 6.58 Å². The van der Waals surface area contributed by atoms with Crippen LogP contribution >= 0.6 is 11.6 Å². The zero-order chi connectivity index (χ0) is 34.8. The second kappa shape index (κ2) is 20.7. The van der Waals surface area contributed by atoms with Gasteiger partial charge < -0.3 is 48.5 Å². The molecule has 0 unspecified atom stereocenters. The molecule has 268 valence electrons. The second-order valence-corrected chi connectivity index (χ2v) is 11.6. The van der Waals surface area contributed by atoms with Crippen LogP contribution in [0.3, 0.4) is 0 Å². The average molecular weight is 703 g/mol. The summed E-state index contributed by atoms with van der Waals surface area (Å²) in [5.41, 5.74) is 1.08. The van der Waals surface area contributed by atoms with Crippen molar-refractivity contribution in [3.8, 4) is 5.75 Å². The Kier molecular flexibility index (Phi) is 16.0. The van der Waals surface area contributed by atoms with E-state index in [0.29, 0.717) is 87.5 Å².